The van der Waals surface area contributed by atoms with Crippen LogP contribution in [0.15, 0.2) is 0 Å². The van der Waals surface area contributed by atoms with Crippen molar-refractivity contribution in [2.75, 3.05) is 0 Å². The summed E-state index contributed by atoms with van der Waals surface area (Å²) in [5.74, 6) is 0.189. The lowest BCUT2D eigenvalue weighted by Gasteiger charge is -2.41. The van der Waals surface area contributed by atoms with Crippen molar-refractivity contribution in [2.45, 2.75) is 83.8 Å². The van der Waals surface area contributed by atoms with Crippen LogP contribution in [0.25, 0.3) is 0 Å². The highest BCUT2D eigenvalue weighted by Gasteiger charge is 2.51. The van der Waals surface area contributed by atoms with Crippen LogP contribution in [0, 0.1) is 17.3 Å². The third-order valence-corrected chi connectivity index (χ3v) is 6.25. The van der Waals surface area contributed by atoms with Crippen molar-refractivity contribution >= 4 is 5.97 Å². The second-order valence-corrected chi connectivity index (χ2v) is 8.30. The number of rotatable bonds is 2. The molecule has 3 aliphatic rings. The summed E-state index contributed by atoms with van der Waals surface area (Å²) >= 11 is 0. The zero-order valence-corrected chi connectivity index (χ0v) is 13.1. The van der Waals surface area contributed by atoms with Crippen molar-refractivity contribution in [1.29, 1.82) is 0 Å². The van der Waals surface area contributed by atoms with Gasteiger partial charge >= 0.3 is 5.97 Å². The molecule has 20 heavy (non-hydrogen) atoms. The van der Waals surface area contributed by atoms with Gasteiger partial charge in [0.25, 0.3) is 0 Å². The van der Waals surface area contributed by atoms with Gasteiger partial charge in [0.1, 0.15) is 0 Å². The van der Waals surface area contributed by atoms with Gasteiger partial charge in [-0.2, -0.15) is 0 Å². The Labute approximate surface area is 122 Å². The van der Waals surface area contributed by atoms with E-state index in [-0.39, 0.29) is 5.92 Å². The maximum absolute atomic E-state index is 11.4. The first-order valence-electron chi connectivity index (χ1n) is 8.38. The maximum atomic E-state index is 11.4. The fourth-order valence-electron chi connectivity index (χ4n) is 5.11. The second-order valence-electron chi connectivity index (χ2n) is 8.30. The molecule has 0 aromatic heterocycles. The molecule has 1 aliphatic carbocycles. The molecular weight excluding hydrogens is 250 g/mol. The highest BCUT2D eigenvalue weighted by atomic mass is 16.4. The van der Waals surface area contributed by atoms with Crippen LogP contribution < -0.4 is 0 Å². The van der Waals surface area contributed by atoms with E-state index in [1.165, 1.54) is 32.1 Å². The summed E-state index contributed by atoms with van der Waals surface area (Å²) in [7, 11) is 0. The first-order chi connectivity index (χ1) is 9.38. The largest absolute Gasteiger partial charge is 0.481 e. The molecule has 1 N–H and O–H groups in total. The van der Waals surface area contributed by atoms with Crippen molar-refractivity contribution in [3.8, 4) is 0 Å². The average Bonchev–Trinajstić information content (AvgIpc) is 2.95. The highest BCUT2D eigenvalue weighted by Crippen LogP contribution is 2.47. The topological polar surface area (TPSA) is 40.5 Å². The third kappa shape index (κ3) is 2.38. The Kier molecular flexibility index (Phi) is 3.60. The number of fused-ring (bicyclic) bond motifs is 2. The normalized spacial score (nSPS) is 42.0. The van der Waals surface area contributed by atoms with Gasteiger partial charge in [-0.05, 0) is 56.3 Å². The van der Waals surface area contributed by atoms with Crippen LogP contribution in [0.3, 0.4) is 0 Å². The van der Waals surface area contributed by atoms with Gasteiger partial charge in [-0.3, -0.25) is 9.69 Å². The Morgan fingerprint density at radius 1 is 1.00 bits per heavy atom. The number of hydrogen-bond acceptors (Lipinski definition) is 2. The van der Waals surface area contributed by atoms with E-state index >= 15 is 0 Å². The fourth-order valence-corrected chi connectivity index (χ4v) is 5.11. The smallest absolute Gasteiger partial charge is 0.308 e. The number of aliphatic carboxylic acids is 1. The Balaban J connectivity index is 1.63. The van der Waals surface area contributed by atoms with Crippen LogP contribution in [0.2, 0.25) is 0 Å². The highest BCUT2D eigenvalue weighted by molar-refractivity contribution is 5.71. The van der Waals surface area contributed by atoms with E-state index in [9.17, 15) is 9.90 Å². The monoisotopic (exact) mass is 279 g/mol. The number of carboxylic acid groups (broad SMARTS) is 1. The molecule has 0 aromatic rings. The predicted molar refractivity (Wildman–Crippen MR) is 79.6 cm³/mol. The molecule has 3 atom stereocenters. The summed E-state index contributed by atoms with van der Waals surface area (Å²) in [5, 5.41) is 9.37. The van der Waals surface area contributed by atoms with Crippen LogP contribution >= 0.6 is 0 Å². The number of carbonyl (C=O) groups is 1. The maximum Gasteiger partial charge on any atom is 0.308 e. The van der Waals surface area contributed by atoms with Gasteiger partial charge in [0.05, 0.1) is 5.92 Å². The lowest BCUT2D eigenvalue weighted by molar-refractivity contribution is -0.142. The van der Waals surface area contributed by atoms with Crippen LogP contribution in [-0.4, -0.2) is 34.1 Å². The van der Waals surface area contributed by atoms with E-state index in [0.717, 1.165) is 18.8 Å². The van der Waals surface area contributed by atoms with E-state index in [4.69, 9.17) is 0 Å². The van der Waals surface area contributed by atoms with Crippen LogP contribution in [0.4, 0.5) is 0 Å². The zero-order chi connectivity index (χ0) is 14.5. The number of nitrogens with zero attached hydrogens (tertiary/aromatic N) is 1. The molecule has 3 nitrogen and oxygen atoms in total. The van der Waals surface area contributed by atoms with Gasteiger partial charge in [-0.1, -0.05) is 20.8 Å². The molecule has 2 saturated heterocycles. The van der Waals surface area contributed by atoms with Crippen molar-refractivity contribution < 1.29 is 9.90 Å². The van der Waals surface area contributed by atoms with E-state index in [1.54, 1.807) is 0 Å². The number of hydrogen-bond donors (Lipinski definition) is 1. The van der Waals surface area contributed by atoms with Gasteiger partial charge in [0, 0.05) is 18.1 Å². The molecule has 0 amide bonds. The van der Waals surface area contributed by atoms with Gasteiger partial charge in [-0.15, -0.1) is 0 Å². The standard InChI is InChI=1S/C17H29NO2/c1-17(2,3)11-4-6-12(7-5-11)18-13-8-9-15(18)14(10-13)16(19)20/h11-15H,4-10H2,1-3H3,(H,19,20). The Morgan fingerprint density at radius 2 is 1.60 bits per heavy atom. The summed E-state index contributed by atoms with van der Waals surface area (Å²) in [6, 6.07) is 1.57. The first-order valence-corrected chi connectivity index (χ1v) is 8.38. The summed E-state index contributed by atoms with van der Waals surface area (Å²) in [4.78, 5) is 14.0. The lowest BCUT2D eigenvalue weighted by Crippen LogP contribution is -2.44. The summed E-state index contributed by atoms with van der Waals surface area (Å²) in [5.41, 5.74) is 0.429. The van der Waals surface area contributed by atoms with Gasteiger partial charge < -0.3 is 5.11 Å². The minimum atomic E-state index is -0.564. The molecule has 1 saturated carbocycles. The van der Waals surface area contributed by atoms with E-state index in [0.29, 0.717) is 23.5 Å². The lowest BCUT2D eigenvalue weighted by atomic mass is 9.71. The zero-order valence-electron chi connectivity index (χ0n) is 13.1. The molecule has 0 aromatic carbocycles. The van der Waals surface area contributed by atoms with Crippen LogP contribution in [0.1, 0.15) is 65.7 Å². The minimum absolute atomic E-state index is 0.0888. The molecular formula is C17H29NO2. The van der Waals surface area contributed by atoms with Crippen molar-refractivity contribution in [3.63, 3.8) is 0 Å². The Bertz CT molecular complexity index is 379. The SMILES string of the molecule is CC(C)(C)C1CCC(N2C3CCC2C(C(=O)O)C3)CC1. The molecule has 2 aliphatic heterocycles. The van der Waals surface area contributed by atoms with E-state index in [2.05, 4.69) is 25.7 Å². The molecule has 3 fully saturated rings. The van der Waals surface area contributed by atoms with E-state index in [1.807, 2.05) is 0 Å². The molecule has 3 heteroatoms. The minimum Gasteiger partial charge on any atom is -0.481 e. The third-order valence-electron chi connectivity index (χ3n) is 6.25. The Morgan fingerprint density at radius 3 is 2.10 bits per heavy atom. The molecule has 2 heterocycles. The predicted octanol–water partition coefficient (Wildman–Crippen LogP) is 3.53. The summed E-state index contributed by atoms with van der Waals surface area (Å²) < 4.78 is 0. The molecule has 3 unspecified atom stereocenters. The molecule has 3 rings (SSSR count). The van der Waals surface area contributed by atoms with Gasteiger partial charge in [0.2, 0.25) is 0 Å². The van der Waals surface area contributed by atoms with Crippen molar-refractivity contribution in [3.05, 3.63) is 0 Å². The van der Waals surface area contributed by atoms with Crippen molar-refractivity contribution in [2.24, 2.45) is 17.3 Å². The average molecular weight is 279 g/mol. The quantitative estimate of drug-likeness (QED) is 0.840. The van der Waals surface area contributed by atoms with Crippen LogP contribution in [-0.2, 0) is 4.79 Å². The van der Waals surface area contributed by atoms with Gasteiger partial charge in [-0.25, -0.2) is 0 Å². The molecule has 114 valence electrons. The first kappa shape index (κ1) is 14.4. The summed E-state index contributed by atoms with van der Waals surface area (Å²) in [6.07, 6.45) is 8.44. The van der Waals surface area contributed by atoms with Crippen LogP contribution in [0.5, 0.6) is 0 Å². The second kappa shape index (κ2) is 5.01. The van der Waals surface area contributed by atoms with E-state index < -0.39 is 5.97 Å². The fraction of sp³-hybridized carbons (Fsp3) is 0.941. The molecule has 0 radical (unpaired) electrons. The molecule has 0 spiro atoms. The number of carboxylic acids is 1. The Hall–Kier alpha value is -0.570. The molecule has 2 bridgehead atoms. The van der Waals surface area contributed by atoms with Gasteiger partial charge in [0.15, 0.2) is 0 Å². The van der Waals surface area contributed by atoms with Crippen molar-refractivity contribution in [1.82, 2.24) is 4.90 Å². The summed E-state index contributed by atoms with van der Waals surface area (Å²) in [6.45, 7) is 7.08.